The summed E-state index contributed by atoms with van der Waals surface area (Å²) in [6.45, 7) is 6.61. The van der Waals surface area contributed by atoms with E-state index >= 15 is 0 Å². The van der Waals surface area contributed by atoms with E-state index in [2.05, 4.69) is 55.3 Å². The van der Waals surface area contributed by atoms with E-state index in [-0.39, 0.29) is 11.3 Å². The number of hydrogen-bond acceptors (Lipinski definition) is 3. The average Bonchev–Trinajstić information content (AvgIpc) is 2.92. The summed E-state index contributed by atoms with van der Waals surface area (Å²) in [4.78, 5) is 16.3. The second kappa shape index (κ2) is 6.22. The first-order valence-electron chi connectivity index (χ1n) is 6.86. The number of nitrogens with one attached hydrogen (secondary N) is 1. The van der Waals surface area contributed by atoms with Gasteiger partial charge in [0.2, 0.25) is 0 Å². The highest BCUT2D eigenvalue weighted by molar-refractivity contribution is 7.14. The van der Waals surface area contributed by atoms with Crippen LogP contribution in [0.2, 0.25) is 0 Å². The van der Waals surface area contributed by atoms with Gasteiger partial charge in [-0.3, -0.25) is 4.79 Å². The maximum Gasteiger partial charge on any atom is 0.262 e. The van der Waals surface area contributed by atoms with Crippen LogP contribution in [-0.2, 0) is 5.41 Å². The Morgan fingerprint density at radius 1 is 1.19 bits per heavy atom. The molecule has 1 aromatic heterocycles. The van der Waals surface area contributed by atoms with Crippen molar-refractivity contribution in [3.63, 3.8) is 0 Å². The molecular formula is C17H20N2OS. The van der Waals surface area contributed by atoms with Gasteiger partial charge in [-0.25, -0.2) is 4.98 Å². The van der Waals surface area contributed by atoms with Crippen LogP contribution in [-0.4, -0.2) is 17.9 Å². The van der Waals surface area contributed by atoms with Crippen molar-refractivity contribution >= 4 is 29.4 Å². The van der Waals surface area contributed by atoms with Crippen LogP contribution in [0.4, 0.5) is 0 Å². The Labute approximate surface area is 129 Å². The Morgan fingerprint density at radius 3 is 2.43 bits per heavy atom. The van der Waals surface area contributed by atoms with Gasteiger partial charge in [0, 0.05) is 7.05 Å². The molecule has 0 saturated heterocycles. The Hall–Kier alpha value is -1.94. The lowest BCUT2D eigenvalue weighted by Crippen LogP contribution is -2.16. The first-order valence-corrected chi connectivity index (χ1v) is 7.68. The zero-order valence-corrected chi connectivity index (χ0v) is 13.6. The molecule has 0 saturated carbocycles. The molecule has 1 amide bonds. The van der Waals surface area contributed by atoms with Crippen LogP contribution >= 0.6 is 11.3 Å². The molecule has 21 heavy (non-hydrogen) atoms. The standard InChI is InChI=1S/C17H20N2OS/c1-17(2,3)13-8-5-12(6-9-13)7-10-15-19-11-14(21-15)16(20)18-4/h5-11H,1-4H3,(H,18,20)/b10-7+. The summed E-state index contributed by atoms with van der Waals surface area (Å²) in [5, 5.41) is 3.42. The van der Waals surface area contributed by atoms with Gasteiger partial charge in [0.25, 0.3) is 5.91 Å². The summed E-state index contributed by atoms with van der Waals surface area (Å²) in [6.07, 6.45) is 5.55. The molecule has 0 radical (unpaired) electrons. The number of amides is 1. The van der Waals surface area contributed by atoms with Gasteiger partial charge in [0.1, 0.15) is 9.88 Å². The Kier molecular flexibility index (Phi) is 4.58. The van der Waals surface area contributed by atoms with Gasteiger partial charge in [0.05, 0.1) is 6.20 Å². The lowest BCUT2D eigenvalue weighted by atomic mass is 9.87. The molecule has 0 fully saturated rings. The van der Waals surface area contributed by atoms with Crippen molar-refractivity contribution in [2.45, 2.75) is 26.2 Å². The van der Waals surface area contributed by atoms with E-state index in [1.807, 2.05) is 12.2 Å². The second-order valence-electron chi connectivity index (χ2n) is 5.85. The molecule has 110 valence electrons. The van der Waals surface area contributed by atoms with Crippen LogP contribution in [0.1, 0.15) is 46.6 Å². The molecule has 0 aliphatic carbocycles. The third kappa shape index (κ3) is 4.02. The lowest BCUT2D eigenvalue weighted by Gasteiger charge is -2.18. The molecule has 2 aromatic rings. The van der Waals surface area contributed by atoms with E-state index in [1.54, 1.807) is 13.2 Å². The normalized spacial score (nSPS) is 11.8. The van der Waals surface area contributed by atoms with E-state index in [4.69, 9.17) is 0 Å². The van der Waals surface area contributed by atoms with Crippen LogP contribution < -0.4 is 5.32 Å². The summed E-state index contributed by atoms with van der Waals surface area (Å²) in [6, 6.07) is 8.50. The first kappa shape index (κ1) is 15.4. The van der Waals surface area contributed by atoms with Crippen molar-refractivity contribution in [2.75, 3.05) is 7.05 Å². The minimum atomic E-state index is -0.0957. The van der Waals surface area contributed by atoms with Crippen molar-refractivity contribution in [3.8, 4) is 0 Å². The van der Waals surface area contributed by atoms with Gasteiger partial charge in [-0.1, -0.05) is 51.1 Å². The quantitative estimate of drug-likeness (QED) is 0.932. The molecule has 0 aliphatic heterocycles. The topological polar surface area (TPSA) is 42.0 Å². The van der Waals surface area contributed by atoms with E-state index < -0.39 is 0 Å². The molecule has 3 nitrogen and oxygen atoms in total. The summed E-state index contributed by atoms with van der Waals surface area (Å²) in [5.41, 5.74) is 2.61. The minimum Gasteiger partial charge on any atom is -0.354 e. The number of carbonyl (C=O) groups is 1. The van der Waals surface area contributed by atoms with Crippen molar-refractivity contribution in [1.82, 2.24) is 10.3 Å². The van der Waals surface area contributed by atoms with Gasteiger partial charge in [-0.05, 0) is 22.6 Å². The van der Waals surface area contributed by atoms with Gasteiger partial charge >= 0.3 is 0 Å². The van der Waals surface area contributed by atoms with Crippen LogP contribution in [0.25, 0.3) is 12.2 Å². The molecule has 0 aliphatic rings. The van der Waals surface area contributed by atoms with E-state index in [0.29, 0.717) is 4.88 Å². The molecule has 4 heteroatoms. The minimum absolute atomic E-state index is 0.0957. The number of rotatable bonds is 3. The molecular weight excluding hydrogens is 280 g/mol. The highest BCUT2D eigenvalue weighted by Gasteiger charge is 2.12. The van der Waals surface area contributed by atoms with Crippen LogP contribution in [0.3, 0.4) is 0 Å². The summed E-state index contributed by atoms with van der Waals surface area (Å²) in [5.74, 6) is -0.0957. The summed E-state index contributed by atoms with van der Waals surface area (Å²) < 4.78 is 0. The maximum absolute atomic E-state index is 11.5. The number of hydrogen-bond donors (Lipinski definition) is 1. The zero-order valence-electron chi connectivity index (χ0n) is 12.8. The van der Waals surface area contributed by atoms with E-state index in [9.17, 15) is 4.79 Å². The molecule has 0 bridgehead atoms. The Balaban J connectivity index is 2.11. The molecule has 1 N–H and O–H groups in total. The molecule has 1 heterocycles. The fourth-order valence-electron chi connectivity index (χ4n) is 1.85. The fraction of sp³-hybridized carbons (Fsp3) is 0.294. The van der Waals surface area contributed by atoms with Crippen LogP contribution in [0, 0.1) is 0 Å². The SMILES string of the molecule is CNC(=O)c1cnc(/C=C/c2ccc(C(C)(C)C)cc2)s1. The second-order valence-corrected chi connectivity index (χ2v) is 6.91. The van der Waals surface area contributed by atoms with E-state index in [1.165, 1.54) is 16.9 Å². The number of nitrogens with zero attached hydrogens (tertiary/aromatic N) is 1. The van der Waals surface area contributed by atoms with Crippen LogP contribution in [0.15, 0.2) is 30.5 Å². The van der Waals surface area contributed by atoms with Gasteiger partial charge in [-0.2, -0.15) is 0 Å². The summed E-state index contributed by atoms with van der Waals surface area (Å²) >= 11 is 1.38. The van der Waals surface area contributed by atoms with E-state index in [0.717, 1.165) is 10.6 Å². The zero-order chi connectivity index (χ0) is 15.5. The molecule has 1 aromatic carbocycles. The first-order chi connectivity index (χ1) is 9.90. The monoisotopic (exact) mass is 300 g/mol. The highest BCUT2D eigenvalue weighted by Crippen LogP contribution is 2.23. The third-order valence-electron chi connectivity index (χ3n) is 3.17. The molecule has 0 spiro atoms. The van der Waals surface area contributed by atoms with Gasteiger partial charge < -0.3 is 5.32 Å². The van der Waals surface area contributed by atoms with Crippen LogP contribution in [0.5, 0.6) is 0 Å². The largest absolute Gasteiger partial charge is 0.354 e. The molecule has 0 atom stereocenters. The molecule has 2 rings (SSSR count). The third-order valence-corrected chi connectivity index (χ3v) is 4.13. The number of benzene rings is 1. The summed E-state index contributed by atoms with van der Waals surface area (Å²) in [7, 11) is 1.62. The predicted octanol–water partition coefficient (Wildman–Crippen LogP) is 3.97. The van der Waals surface area contributed by atoms with Crippen molar-refractivity contribution in [2.24, 2.45) is 0 Å². The highest BCUT2D eigenvalue weighted by atomic mass is 32.1. The fourth-order valence-corrected chi connectivity index (χ4v) is 2.62. The maximum atomic E-state index is 11.5. The average molecular weight is 300 g/mol. The van der Waals surface area contributed by atoms with Crippen molar-refractivity contribution in [3.05, 3.63) is 51.5 Å². The van der Waals surface area contributed by atoms with Crippen molar-refractivity contribution < 1.29 is 4.79 Å². The van der Waals surface area contributed by atoms with Gasteiger partial charge in [-0.15, -0.1) is 11.3 Å². The molecule has 0 unspecified atom stereocenters. The van der Waals surface area contributed by atoms with Gasteiger partial charge in [0.15, 0.2) is 0 Å². The lowest BCUT2D eigenvalue weighted by molar-refractivity contribution is 0.0967. The Morgan fingerprint density at radius 2 is 1.86 bits per heavy atom. The predicted molar refractivity (Wildman–Crippen MR) is 89.6 cm³/mol. The number of carbonyl (C=O) groups excluding carboxylic acids is 1. The van der Waals surface area contributed by atoms with Crippen molar-refractivity contribution in [1.29, 1.82) is 0 Å². The number of aromatic nitrogens is 1. The Bertz CT molecular complexity index is 648. The number of thiazole rings is 1. The smallest absolute Gasteiger partial charge is 0.262 e.